The number of nitrogens with zero attached hydrogens (tertiary/aromatic N) is 1. The molecule has 2 amide bonds. The molecule has 1 aromatic rings. The summed E-state index contributed by atoms with van der Waals surface area (Å²) in [6, 6.07) is 5.19. The number of carboxylic acids is 1. The number of thioether (sulfide) groups is 1. The summed E-state index contributed by atoms with van der Waals surface area (Å²) in [7, 11) is 0. The zero-order chi connectivity index (χ0) is 17.4. The van der Waals surface area contributed by atoms with Crippen molar-refractivity contribution in [2.45, 2.75) is 23.9 Å². The number of aliphatic carboxylic acids is 1. The lowest BCUT2D eigenvalue weighted by Gasteiger charge is -2.52. The zero-order valence-electron chi connectivity index (χ0n) is 12.6. The minimum atomic E-state index is -1.09. The zero-order valence-corrected chi connectivity index (χ0v) is 14.1. The van der Waals surface area contributed by atoms with Crippen LogP contribution in [0.3, 0.4) is 0 Å². The fraction of sp³-hybridized carbons (Fsp3) is 0.312. The molecule has 8 heteroatoms. The maximum atomic E-state index is 12.3. The van der Waals surface area contributed by atoms with Crippen LogP contribution in [-0.2, 0) is 20.8 Å². The monoisotopic (exact) mass is 366 g/mol. The van der Waals surface area contributed by atoms with E-state index < -0.39 is 18.1 Å². The van der Waals surface area contributed by atoms with Gasteiger partial charge in [-0.3, -0.25) is 9.59 Å². The molecule has 3 rings (SSSR count). The standard InChI is InChI=1S/C16H15ClN2O4S/c1-8-7-24-15-12(14(21)19(15)13(8)16(22)23)18-11(20)6-9-2-4-10(17)5-3-9/h2-5,12-13,15H,1,6-7H2,(H,18,20)(H,22,23)/t12?,13?,15-/m0/s1. The first-order chi connectivity index (χ1) is 11.4. The number of benzene rings is 1. The van der Waals surface area contributed by atoms with Crippen molar-refractivity contribution in [2.75, 3.05) is 5.75 Å². The van der Waals surface area contributed by atoms with E-state index in [1.165, 1.54) is 16.7 Å². The number of carbonyl (C=O) groups excluding carboxylic acids is 2. The maximum absolute atomic E-state index is 12.3. The Morgan fingerprint density at radius 3 is 2.67 bits per heavy atom. The third-order valence-corrected chi connectivity index (χ3v) is 5.64. The fourth-order valence-electron chi connectivity index (χ4n) is 2.84. The molecule has 0 aliphatic carbocycles. The molecular weight excluding hydrogens is 352 g/mol. The summed E-state index contributed by atoms with van der Waals surface area (Å²) in [4.78, 5) is 37.0. The molecular formula is C16H15ClN2O4S. The van der Waals surface area contributed by atoms with Gasteiger partial charge < -0.3 is 15.3 Å². The third kappa shape index (κ3) is 3.01. The smallest absolute Gasteiger partial charge is 0.330 e. The van der Waals surface area contributed by atoms with E-state index in [1.807, 2.05) is 0 Å². The summed E-state index contributed by atoms with van der Waals surface area (Å²) in [6.45, 7) is 3.73. The molecule has 24 heavy (non-hydrogen) atoms. The van der Waals surface area contributed by atoms with Gasteiger partial charge in [-0.2, -0.15) is 0 Å². The number of carboxylic acid groups (broad SMARTS) is 1. The van der Waals surface area contributed by atoms with E-state index in [0.717, 1.165) is 5.56 Å². The highest BCUT2D eigenvalue weighted by molar-refractivity contribution is 8.00. The molecule has 0 bridgehead atoms. The highest BCUT2D eigenvalue weighted by Crippen LogP contribution is 2.39. The molecule has 2 N–H and O–H groups in total. The van der Waals surface area contributed by atoms with E-state index >= 15 is 0 Å². The van der Waals surface area contributed by atoms with Crippen LogP contribution in [0.2, 0.25) is 5.02 Å². The highest BCUT2D eigenvalue weighted by atomic mass is 35.5. The SMILES string of the molecule is C=C1CS[C@H]2C(NC(=O)Cc3ccc(Cl)cc3)C(=O)N2C1C(=O)O. The lowest BCUT2D eigenvalue weighted by molar-refractivity contribution is -0.160. The average Bonchev–Trinajstić information content (AvgIpc) is 2.54. The molecule has 6 nitrogen and oxygen atoms in total. The first kappa shape index (κ1) is 16.9. The Hall–Kier alpha value is -1.99. The molecule has 0 spiro atoms. The van der Waals surface area contributed by atoms with Gasteiger partial charge in [0.05, 0.1) is 6.42 Å². The first-order valence-electron chi connectivity index (χ1n) is 7.26. The van der Waals surface area contributed by atoms with E-state index in [-0.39, 0.29) is 23.6 Å². The minimum absolute atomic E-state index is 0.132. The Labute approximate surface area is 147 Å². The van der Waals surface area contributed by atoms with E-state index in [0.29, 0.717) is 16.3 Å². The van der Waals surface area contributed by atoms with Gasteiger partial charge in [-0.25, -0.2) is 4.79 Å². The van der Waals surface area contributed by atoms with E-state index in [1.54, 1.807) is 24.3 Å². The lowest BCUT2D eigenvalue weighted by atomic mass is 9.98. The molecule has 2 fully saturated rings. The summed E-state index contributed by atoms with van der Waals surface area (Å²) in [6.07, 6.45) is 0.132. The molecule has 0 radical (unpaired) electrons. The Bertz CT molecular complexity index is 721. The van der Waals surface area contributed by atoms with Crippen LogP contribution < -0.4 is 5.32 Å². The number of nitrogens with one attached hydrogen (secondary N) is 1. The van der Waals surface area contributed by atoms with Crippen molar-refractivity contribution >= 4 is 41.1 Å². The van der Waals surface area contributed by atoms with Crippen molar-refractivity contribution in [3.63, 3.8) is 0 Å². The topological polar surface area (TPSA) is 86.7 Å². The van der Waals surface area contributed by atoms with Crippen molar-refractivity contribution in [1.29, 1.82) is 0 Å². The first-order valence-corrected chi connectivity index (χ1v) is 8.69. The number of β-lactam (4-membered cyclic amide) rings is 1. The van der Waals surface area contributed by atoms with Gasteiger partial charge in [0, 0.05) is 10.8 Å². The minimum Gasteiger partial charge on any atom is -0.479 e. The van der Waals surface area contributed by atoms with Crippen molar-refractivity contribution < 1.29 is 19.5 Å². The number of hydrogen-bond donors (Lipinski definition) is 2. The van der Waals surface area contributed by atoms with Gasteiger partial charge in [0.25, 0.3) is 0 Å². The van der Waals surface area contributed by atoms with Crippen LogP contribution in [0.5, 0.6) is 0 Å². The number of fused-ring (bicyclic) bond motifs is 1. The van der Waals surface area contributed by atoms with Crippen molar-refractivity contribution in [3.8, 4) is 0 Å². The Kier molecular flexibility index (Phi) is 4.56. The fourth-order valence-corrected chi connectivity index (χ4v) is 4.28. The number of hydrogen-bond acceptors (Lipinski definition) is 4. The van der Waals surface area contributed by atoms with Crippen LogP contribution in [-0.4, -0.2) is 51.0 Å². The van der Waals surface area contributed by atoms with Gasteiger partial charge in [-0.15, -0.1) is 11.8 Å². The lowest BCUT2D eigenvalue weighted by Crippen LogP contribution is -2.74. The van der Waals surface area contributed by atoms with Gasteiger partial charge in [0.2, 0.25) is 11.8 Å². The van der Waals surface area contributed by atoms with Crippen molar-refractivity contribution in [3.05, 3.63) is 47.0 Å². The van der Waals surface area contributed by atoms with Crippen molar-refractivity contribution in [1.82, 2.24) is 10.2 Å². The van der Waals surface area contributed by atoms with Gasteiger partial charge in [-0.1, -0.05) is 30.3 Å². The molecule has 2 heterocycles. The maximum Gasteiger partial charge on any atom is 0.330 e. The highest BCUT2D eigenvalue weighted by Gasteiger charge is 2.56. The Morgan fingerprint density at radius 2 is 2.04 bits per heavy atom. The Balaban J connectivity index is 1.64. The molecule has 126 valence electrons. The van der Waals surface area contributed by atoms with Gasteiger partial charge in [-0.05, 0) is 23.3 Å². The predicted molar refractivity (Wildman–Crippen MR) is 90.7 cm³/mol. The summed E-state index contributed by atoms with van der Waals surface area (Å²) in [5, 5.41) is 12.2. The number of rotatable bonds is 4. The number of halogens is 1. The molecule has 2 aliphatic heterocycles. The second kappa shape index (κ2) is 6.49. The summed E-state index contributed by atoms with van der Waals surface area (Å²) in [5.74, 6) is -1.31. The van der Waals surface area contributed by atoms with Crippen LogP contribution in [0.15, 0.2) is 36.4 Å². The summed E-state index contributed by atoms with van der Waals surface area (Å²) >= 11 is 7.22. The second-order valence-corrected chi connectivity index (χ2v) is 7.24. The van der Waals surface area contributed by atoms with Gasteiger partial charge >= 0.3 is 5.97 Å². The van der Waals surface area contributed by atoms with Gasteiger partial charge in [0.15, 0.2) is 6.04 Å². The number of amides is 2. The molecule has 0 aromatic heterocycles. The van der Waals surface area contributed by atoms with Crippen LogP contribution in [0.25, 0.3) is 0 Å². The molecule has 2 aliphatic rings. The number of carbonyl (C=O) groups is 3. The van der Waals surface area contributed by atoms with Crippen LogP contribution in [0, 0.1) is 0 Å². The van der Waals surface area contributed by atoms with E-state index in [9.17, 15) is 19.5 Å². The van der Waals surface area contributed by atoms with E-state index in [4.69, 9.17) is 11.6 Å². The van der Waals surface area contributed by atoms with Crippen LogP contribution in [0.1, 0.15) is 5.56 Å². The Morgan fingerprint density at radius 1 is 1.38 bits per heavy atom. The third-order valence-electron chi connectivity index (χ3n) is 4.01. The predicted octanol–water partition coefficient (Wildman–Crippen LogP) is 1.29. The largest absolute Gasteiger partial charge is 0.479 e. The average molecular weight is 367 g/mol. The summed E-state index contributed by atoms with van der Waals surface area (Å²) in [5.41, 5.74) is 1.27. The molecule has 0 saturated carbocycles. The molecule has 3 atom stereocenters. The molecule has 2 unspecified atom stereocenters. The van der Waals surface area contributed by atoms with E-state index in [2.05, 4.69) is 11.9 Å². The quantitative estimate of drug-likeness (QED) is 0.619. The van der Waals surface area contributed by atoms with Gasteiger partial charge in [0.1, 0.15) is 11.4 Å². The summed E-state index contributed by atoms with van der Waals surface area (Å²) < 4.78 is 0. The normalized spacial score (nSPS) is 25.7. The van der Waals surface area contributed by atoms with Crippen LogP contribution in [0.4, 0.5) is 0 Å². The van der Waals surface area contributed by atoms with Crippen molar-refractivity contribution in [2.24, 2.45) is 0 Å². The second-order valence-electron chi connectivity index (χ2n) is 5.69. The van der Waals surface area contributed by atoms with Crippen LogP contribution >= 0.6 is 23.4 Å². The molecule has 2 saturated heterocycles. The molecule has 1 aromatic carbocycles.